The molecule has 1 aromatic heterocycles. The van der Waals surface area contributed by atoms with Crippen molar-refractivity contribution >= 4 is 17.2 Å². The summed E-state index contributed by atoms with van der Waals surface area (Å²) >= 11 is 0. The predicted octanol–water partition coefficient (Wildman–Crippen LogP) is 2.25. The maximum atomic E-state index is 12.8. The lowest BCUT2D eigenvalue weighted by Crippen LogP contribution is -2.06. The highest BCUT2D eigenvalue weighted by Crippen LogP contribution is 2.12. The first kappa shape index (κ1) is 10.4. The zero-order valence-corrected chi connectivity index (χ0v) is 8.40. The van der Waals surface area contributed by atoms with E-state index in [0.717, 1.165) is 6.07 Å². The highest BCUT2D eigenvalue weighted by molar-refractivity contribution is 5.72. The van der Waals surface area contributed by atoms with Crippen LogP contribution in [0.25, 0.3) is 17.2 Å². The molecule has 1 N–H and O–H groups in total. The van der Waals surface area contributed by atoms with Gasteiger partial charge in [0.2, 0.25) is 0 Å². The van der Waals surface area contributed by atoms with Crippen LogP contribution in [0.3, 0.4) is 0 Å². The number of hydrogen-bond acceptors (Lipinski definition) is 4. The Hall–Kier alpha value is -2.17. The largest absolute Gasteiger partial charge is 0.513 e. The van der Waals surface area contributed by atoms with Crippen LogP contribution in [0.5, 0.6) is 0 Å². The van der Waals surface area contributed by atoms with Crippen molar-refractivity contribution in [3.05, 3.63) is 45.9 Å². The molecule has 0 atom stereocenters. The molecule has 2 aromatic rings. The van der Waals surface area contributed by atoms with E-state index < -0.39 is 11.4 Å². The van der Waals surface area contributed by atoms with Crippen LogP contribution >= 0.6 is 0 Å². The Kier molecular flexibility index (Phi) is 2.44. The minimum absolute atomic E-state index is 0.0147. The van der Waals surface area contributed by atoms with Crippen molar-refractivity contribution in [2.75, 3.05) is 0 Å². The average molecular weight is 221 g/mol. The van der Waals surface area contributed by atoms with Crippen molar-refractivity contribution in [3.63, 3.8) is 0 Å². The maximum Gasteiger partial charge on any atom is 0.362 e. The molecule has 0 saturated carbocycles. The minimum atomic E-state index is -0.716. The van der Waals surface area contributed by atoms with Gasteiger partial charge < -0.3 is 9.52 Å². The van der Waals surface area contributed by atoms with Crippen LogP contribution in [-0.4, -0.2) is 10.1 Å². The van der Waals surface area contributed by atoms with E-state index in [2.05, 4.69) is 4.98 Å². The number of hydrogen-bond donors (Lipinski definition) is 1. The van der Waals surface area contributed by atoms with E-state index >= 15 is 0 Å². The third kappa shape index (κ3) is 1.93. The number of allylic oxidation sites excluding steroid dienone is 1. The molecule has 0 bridgehead atoms. The molecule has 1 heterocycles. The molecular formula is C11H8FNO3. The Morgan fingerprint density at radius 2 is 2.31 bits per heavy atom. The van der Waals surface area contributed by atoms with Gasteiger partial charge in [0, 0.05) is 12.1 Å². The second-order valence-corrected chi connectivity index (χ2v) is 3.28. The summed E-state index contributed by atoms with van der Waals surface area (Å²) in [5, 5.41) is 9.03. The number of fused-ring (bicyclic) bond motifs is 1. The molecule has 0 fully saturated rings. The van der Waals surface area contributed by atoms with Gasteiger partial charge >= 0.3 is 5.63 Å². The van der Waals surface area contributed by atoms with Crippen molar-refractivity contribution in [2.24, 2.45) is 0 Å². The van der Waals surface area contributed by atoms with Crippen molar-refractivity contribution in [1.82, 2.24) is 4.98 Å². The van der Waals surface area contributed by atoms with Gasteiger partial charge in [0.05, 0.1) is 5.76 Å². The van der Waals surface area contributed by atoms with Gasteiger partial charge in [0.25, 0.3) is 0 Å². The number of aliphatic hydroxyl groups is 1. The van der Waals surface area contributed by atoms with E-state index in [0.29, 0.717) is 5.52 Å². The zero-order valence-electron chi connectivity index (χ0n) is 8.40. The quantitative estimate of drug-likeness (QED) is 0.750. The molecule has 82 valence electrons. The summed E-state index contributed by atoms with van der Waals surface area (Å²) in [4.78, 5) is 15.3. The fraction of sp³-hybridized carbons (Fsp3) is 0.0909. The van der Waals surface area contributed by atoms with Gasteiger partial charge in [-0.1, -0.05) is 0 Å². The van der Waals surface area contributed by atoms with Crippen LogP contribution in [0.1, 0.15) is 12.6 Å². The molecule has 0 spiro atoms. The van der Waals surface area contributed by atoms with E-state index in [1.807, 2.05) is 0 Å². The molecule has 0 radical (unpaired) electrons. The van der Waals surface area contributed by atoms with Crippen molar-refractivity contribution in [2.45, 2.75) is 6.92 Å². The third-order valence-electron chi connectivity index (χ3n) is 1.92. The second-order valence-electron chi connectivity index (χ2n) is 3.28. The summed E-state index contributed by atoms with van der Waals surface area (Å²) in [5.74, 6) is -0.555. The van der Waals surface area contributed by atoms with E-state index in [4.69, 9.17) is 9.52 Å². The molecular weight excluding hydrogens is 213 g/mol. The minimum Gasteiger partial charge on any atom is -0.513 e. The first-order valence-corrected chi connectivity index (χ1v) is 4.54. The molecule has 0 unspecified atom stereocenters. The Morgan fingerprint density at radius 3 is 3.00 bits per heavy atom. The smallest absolute Gasteiger partial charge is 0.362 e. The van der Waals surface area contributed by atoms with Crippen LogP contribution in [0, 0.1) is 5.82 Å². The van der Waals surface area contributed by atoms with E-state index in [-0.39, 0.29) is 17.0 Å². The summed E-state index contributed by atoms with van der Waals surface area (Å²) < 4.78 is 17.7. The summed E-state index contributed by atoms with van der Waals surface area (Å²) in [7, 11) is 0. The standard InChI is InChI=1S/C11H8FNO3/c1-6(14)4-9-11(15)16-10-5-7(12)2-3-8(10)13-9/h2-5,14H,1H3/b6-4-. The molecule has 0 saturated heterocycles. The Bertz CT molecular complexity index is 627. The van der Waals surface area contributed by atoms with Gasteiger partial charge in [-0.15, -0.1) is 0 Å². The van der Waals surface area contributed by atoms with Crippen LogP contribution in [0.4, 0.5) is 4.39 Å². The van der Waals surface area contributed by atoms with Crippen molar-refractivity contribution in [1.29, 1.82) is 0 Å². The Labute approximate surface area is 89.7 Å². The second kappa shape index (κ2) is 3.77. The van der Waals surface area contributed by atoms with Gasteiger partial charge in [-0.3, -0.25) is 0 Å². The topological polar surface area (TPSA) is 63.3 Å². The number of aliphatic hydroxyl groups excluding tert-OH is 1. The van der Waals surface area contributed by atoms with E-state index in [9.17, 15) is 9.18 Å². The molecule has 1 aromatic carbocycles. The average Bonchev–Trinajstić information content (AvgIpc) is 2.19. The third-order valence-corrected chi connectivity index (χ3v) is 1.92. The van der Waals surface area contributed by atoms with Crippen molar-refractivity contribution in [3.8, 4) is 0 Å². The predicted molar refractivity (Wildman–Crippen MR) is 56.5 cm³/mol. The number of aromatic nitrogens is 1. The lowest BCUT2D eigenvalue weighted by Gasteiger charge is -1.97. The fourth-order valence-corrected chi connectivity index (χ4v) is 1.28. The Balaban J connectivity index is 2.72. The summed E-state index contributed by atoms with van der Waals surface area (Å²) in [5.41, 5.74) is -0.295. The van der Waals surface area contributed by atoms with Crippen LogP contribution in [0.2, 0.25) is 0 Å². The van der Waals surface area contributed by atoms with Crippen LogP contribution < -0.4 is 5.63 Å². The van der Waals surface area contributed by atoms with E-state index in [1.54, 1.807) is 0 Å². The Morgan fingerprint density at radius 1 is 1.56 bits per heavy atom. The van der Waals surface area contributed by atoms with Gasteiger partial charge in [0.1, 0.15) is 11.3 Å². The molecule has 2 rings (SSSR count). The van der Waals surface area contributed by atoms with Crippen LogP contribution in [0.15, 0.2) is 33.2 Å². The normalized spacial score (nSPS) is 12.0. The fourth-order valence-electron chi connectivity index (χ4n) is 1.28. The van der Waals surface area contributed by atoms with Crippen molar-refractivity contribution < 1.29 is 13.9 Å². The summed E-state index contributed by atoms with van der Waals surface area (Å²) in [6, 6.07) is 3.70. The van der Waals surface area contributed by atoms with E-state index in [1.165, 1.54) is 25.1 Å². The van der Waals surface area contributed by atoms with Gasteiger partial charge in [0.15, 0.2) is 11.3 Å². The molecule has 0 amide bonds. The van der Waals surface area contributed by atoms with Gasteiger partial charge in [-0.25, -0.2) is 14.2 Å². The molecule has 0 aliphatic rings. The first-order chi connectivity index (χ1) is 7.56. The molecule has 0 aliphatic heterocycles. The molecule has 16 heavy (non-hydrogen) atoms. The lowest BCUT2D eigenvalue weighted by atomic mass is 10.3. The van der Waals surface area contributed by atoms with Gasteiger partial charge in [-0.05, 0) is 19.1 Å². The highest BCUT2D eigenvalue weighted by atomic mass is 19.1. The molecule has 0 aliphatic carbocycles. The SMILES string of the molecule is C/C(O)=C/c1nc2ccc(F)cc2oc1=O. The number of nitrogens with zero attached hydrogens (tertiary/aromatic N) is 1. The monoisotopic (exact) mass is 221 g/mol. The van der Waals surface area contributed by atoms with Gasteiger partial charge in [-0.2, -0.15) is 0 Å². The summed E-state index contributed by atoms with van der Waals surface area (Å²) in [6.45, 7) is 1.41. The molecule has 5 heteroatoms. The first-order valence-electron chi connectivity index (χ1n) is 4.54. The van der Waals surface area contributed by atoms with Crippen LogP contribution in [-0.2, 0) is 0 Å². The lowest BCUT2D eigenvalue weighted by molar-refractivity contribution is 0.419. The number of benzene rings is 1. The number of halogens is 1. The number of rotatable bonds is 1. The zero-order chi connectivity index (χ0) is 11.7. The highest BCUT2D eigenvalue weighted by Gasteiger charge is 2.06. The summed E-state index contributed by atoms with van der Waals surface area (Å²) in [6.07, 6.45) is 1.19. The molecule has 4 nitrogen and oxygen atoms in total. The maximum absolute atomic E-state index is 12.8.